The van der Waals surface area contributed by atoms with Gasteiger partial charge in [0.25, 0.3) is 0 Å². The fourth-order valence-electron chi connectivity index (χ4n) is 3.12. The number of aliphatic hydroxyl groups is 1. The van der Waals surface area contributed by atoms with Crippen LogP contribution in [-0.2, 0) is 19.1 Å². The second kappa shape index (κ2) is 4.51. The van der Waals surface area contributed by atoms with Crippen molar-refractivity contribution in [3.8, 4) is 0 Å². The van der Waals surface area contributed by atoms with Crippen molar-refractivity contribution in [1.82, 2.24) is 0 Å². The van der Waals surface area contributed by atoms with Crippen LogP contribution >= 0.6 is 0 Å². The Bertz CT molecular complexity index is 371. The first-order chi connectivity index (χ1) is 8.47. The molecule has 0 amide bonds. The summed E-state index contributed by atoms with van der Waals surface area (Å²) in [5.74, 6) is -2.01. The Labute approximate surface area is 105 Å². The van der Waals surface area contributed by atoms with Gasteiger partial charge in [-0.25, -0.2) is 0 Å². The number of nitrogens with two attached hydrogens (primary N) is 1. The molecule has 1 unspecified atom stereocenters. The molecule has 2 aliphatic carbocycles. The lowest BCUT2D eigenvalue weighted by Gasteiger charge is -2.25. The van der Waals surface area contributed by atoms with Crippen molar-refractivity contribution in [3.05, 3.63) is 0 Å². The second-order valence-corrected chi connectivity index (χ2v) is 4.91. The minimum atomic E-state index is -1.25. The molecule has 2 saturated carbocycles. The molecular weight excluding hydrogens is 238 g/mol. The molecule has 3 N–H and O–H groups in total. The van der Waals surface area contributed by atoms with Crippen molar-refractivity contribution < 1.29 is 24.2 Å². The summed E-state index contributed by atoms with van der Waals surface area (Å²) in [5.41, 5.74) is 4.79. The molecule has 18 heavy (non-hydrogen) atoms. The van der Waals surface area contributed by atoms with Gasteiger partial charge in [0.15, 0.2) is 0 Å². The largest absolute Gasteiger partial charge is 0.466 e. The first-order valence-electron chi connectivity index (χ1n) is 6.28. The number of carbonyl (C=O) groups is 2. The van der Waals surface area contributed by atoms with Crippen LogP contribution in [-0.4, -0.2) is 41.9 Å². The van der Waals surface area contributed by atoms with Crippen molar-refractivity contribution in [2.45, 2.75) is 31.9 Å². The summed E-state index contributed by atoms with van der Waals surface area (Å²) in [4.78, 5) is 23.6. The van der Waals surface area contributed by atoms with Crippen molar-refractivity contribution in [2.24, 2.45) is 23.5 Å². The molecule has 0 bridgehead atoms. The maximum Gasteiger partial charge on any atom is 0.326 e. The predicted molar refractivity (Wildman–Crippen MR) is 61.3 cm³/mol. The molecule has 2 fully saturated rings. The van der Waals surface area contributed by atoms with Gasteiger partial charge in [-0.1, -0.05) is 0 Å². The van der Waals surface area contributed by atoms with Crippen molar-refractivity contribution >= 4 is 11.9 Å². The highest BCUT2D eigenvalue weighted by Crippen LogP contribution is 2.62. The molecule has 0 aromatic heterocycles. The summed E-state index contributed by atoms with van der Waals surface area (Å²) >= 11 is 0. The van der Waals surface area contributed by atoms with Crippen molar-refractivity contribution in [1.29, 1.82) is 0 Å². The monoisotopic (exact) mass is 257 g/mol. The first-order valence-corrected chi connectivity index (χ1v) is 6.28. The zero-order valence-corrected chi connectivity index (χ0v) is 10.6. The van der Waals surface area contributed by atoms with E-state index in [1.807, 2.05) is 0 Å². The maximum atomic E-state index is 11.9. The van der Waals surface area contributed by atoms with E-state index in [0.29, 0.717) is 0 Å². The number of carbonyl (C=O) groups excluding carboxylic acids is 2. The van der Waals surface area contributed by atoms with Gasteiger partial charge in [0.2, 0.25) is 0 Å². The highest BCUT2D eigenvalue weighted by molar-refractivity contribution is 5.87. The Morgan fingerprint density at radius 1 is 1.33 bits per heavy atom. The summed E-state index contributed by atoms with van der Waals surface area (Å²) in [6.07, 6.45) is -0.587. The van der Waals surface area contributed by atoms with Gasteiger partial charge in [-0.15, -0.1) is 0 Å². The van der Waals surface area contributed by atoms with Gasteiger partial charge < -0.3 is 20.3 Å². The Morgan fingerprint density at radius 3 is 2.50 bits per heavy atom. The minimum Gasteiger partial charge on any atom is -0.466 e. The fraction of sp³-hybridized carbons (Fsp3) is 0.833. The fourth-order valence-corrected chi connectivity index (χ4v) is 3.12. The van der Waals surface area contributed by atoms with Crippen molar-refractivity contribution in [3.63, 3.8) is 0 Å². The van der Waals surface area contributed by atoms with Crippen LogP contribution in [0.15, 0.2) is 0 Å². The molecule has 0 radical (unpaired) electrons. The smallest absolute Gasteiger partial charge is 0.326 e. The van der Waals surface area contributed by atoms with E-state index < -0.39 is 23.5 Å². The highest BCUT2D eigenvalue weighted by atomic mass is 16.5. The van der Waals surface area contributed by atoms with Crippen LogP contribution in [0.2, 0.25) is 0 Å². The molecule has 0 aromatic carbocycles. The summed E-state index contributed by atoms with van der Waals surface area (Å²) in [5, 5.41) is 9.88. The average molecular weight is 257 g/mol. The van der Waals surface area contributed by atoms with Gasteiger partial charge in [-0.3, -0.25) is 9.59 Å². The Kier molecular flexibility index (Phi) is 3.33. The van der Waals surface area contributed by atoms with E-state index in [4.69, 9.17) is 15.2 Å². The van der Waals surface area contributed by atoms with Gasteiger partial charge in [-0.05, 0) is 13.8 Å². The standard InChI is InChI=1S/C12H19NO5/c1-3-17-10(15)8-7-6(14)5-12(13,9(7)8)11(16)18-4-2/h6-9,14H,3-5,13H2,1-2H3/t6-,7?,8-,9-,12-/m0/s1. The van der Waals surface area contributed by atoms with Crippen molar-refractivity contribution in [2.75, 3.05) is 13.2 Å². The molecule has 0 aromatic rings. The van der Waals surface area contributed by atoms with E-state index in [0.717, 1.165) is 0 Å². The van der Waals surface area contributed by atoms with Crippen LogP contribution in [0.5, 0.6) is 0 Å². The van der Waals surface area contributed by atoms with Gasteiger partial charge in [-0.2, -0.15) is 0 Å². The van der Waals surface area contributed by atoms with Gasteiger partial charge in [0.05, 0.1) is 25.2 Å². The number of hydrogen-bond donors (Lipinski definition) is 2. The van der Waals surface area contributed by atoms with E-state index in [1.165, 1.54) is 0 Å². The Hall–Kier alpha value is -1.14. The molecule has 2 rings (SSSR count). The molecule has 0 heterocycles. The van der Waals surface area contributed by atoms with Crippen LogP contribution in [0.4, 0.5) is 0 Å². The highest BCUT2D eigenvalue weighted by Gasteiger charge is 2.74. The lowest BCUT2D eigenvalue weighted by Crippen LogP contribution is -2.51. The van der Waals surface area contributed by atoms with Crippen LogP contribution in [0.1, 0.15) is 20.3 Å². The first kappa shape index (κ1) is 13.3. The molecule has 6 nitrogen and oxygen atoms in total. The Morgan fingerprint density at radius 2 is 1.94 bits per heavy atom. The zero-order chi connectivity index (χ0) is 13.5. The van der Waals surface area contributed by atoms with E-state index in [9.17, 15) is 14.7 Å². The molecule has 0 saturated heterocycles. The predicted octanol–water partition coefficient (Wildman–Crippen LogP) is -0.563. The van der Waals surface area contributed by atoms with Crippen LogP contribution in [0.25, 0.3) is 0 Å². The summed E-state index contributed by atoms with van der Waals surface area (Å²) in [6, 6.07) is 0. The number of hydrogen-bond acceptors (Lipinski definition) is 6. The van der Waals surface area contributed by atoms with E-state index >= 15 is 0 Å². The maximum absolute atomic E-state index is 11.9. The number of fused-ring (bicyclic) bond motifs is 1. The topological polar surface area (TPSA) is 98.9 Å². The third-order valence-corrected chi connectivity index (χ3v) is 3.88. The molecule has 0 spiro atoms. The average Bonchev–Trinajstić information content (AvgIpc) is 2.99. The summed E-state index contributed by atoms with van der Waals surface area (Å²) in [7, 11) is 0. The van der Waals surface area contributed by atoms with Crippen LogP contribution in [0.3, 0.4) is 0 Å². The molecule has 2 aliphatic rings. The van der Waals surface area contributed by atoms with E-state index in [-0.39, 0.29) is 37.4 Å². The molecule has 6 heteroatoms. The number of esters is 2. The third kappa shape index (κ3) is 1.80. The number of aliphatic hydroxyl groups excluding tert-OH is 1. The quantitative estimate of drug-likeness (QED) is 0.655. The SMILES string of the molecule is CCOC(=O)[C@H]1C2[C@@H](O)C[C@@](N)(C(=O)OCC)[C@@H]21. The van der Waals surface area contributed by atoms with Crippen LogP contribution < -0.4 is 5.73 Å². The second-order valence-electron chi connectivity index (χ2n) is 4.91. The van der Waals surface area contributed by atoms with Gasteiger partial charge >= 0.3 is 11.9 Å². The third-order valence-electron chi connectivity index (χ3n) is 3.88. The minimum absolute atomic E-state index is 0.150. The van der Waals surface area contributed by atoms with E-state index in [1.54, 1.807) is 13.8 Å². The molecular formula is C12H19NO5. The summed E-state index contributed by atoms with van der Waals surface area (Å²) < 4.78 is 9.86. The number of rotatable bonds is 4. The number of ether oxygens (including phenoxy) is 2. The van der Waals surface area contributed by atoms with E-state index in [2.05, 4.69) is 0 Å². The van der Waals surface area contributed by atoms with Gasteiger partial charge in [0.1, 0.15) is 5.54 Å². The van der Waals surface area contributed by atoms with Gasteiger partial charge in [0, 0.05) is 18.3 Å². The molecule has 102 valence electrons. The normalized spacial score (nSPS) is 41.1. The lowest BCUT2D eigenvalue weighted by atomic mass is 9.91. The molecule has 0 aliphatic heterocycles. The summed E-state index contributed by atoms with van der Waals surface area (Å²) in [6.45, 7) is 3.92. The zero-order valence-electron chi connectivity index (χ0n) is 10.6. The Balaban J connectivity index is 2.12. The molecule has 5 atom stereocenters. The van der Waals surface area contributed by atoms with Crippen LogP contribution in [0, 0.1) is 17.8 Å². The lowest BCUT2D eigenvalue weighted by molar-refractivity contribution is -0.152.